The molecule has 1 aliphatic heterocycles. The summed E-state index contributed by atoms with van der Waals surface area (Å²) in [6.45, 7) is 0.266. The molecule has 200 valence electrons. The first-order valence-corrected chi connectivity index (χ1v) is 13.2. The SMILES string of the molecule is COc1ccccc1-c1ccc(CNC(=O)[C@H](O)[C@@H](O)C(=O)N2CCCC2[C@H]2CCCC(Cl)C2)c(F)c1. The average molecular weight is 533 g/mol. The zero-order valence-corrected chi connectivity index (χ0v) is 21.7. The summed E-state index contributed by atoms with van der Waals surface area (Å²) in [6, 6.07) is 11.8. The molecule has 2 fully saturated rings. The number of carbonyl (C=O) groups excluding carboxylic acids is 2. The van der Waals surface area contributed by atoms with Crippen molar-refractivity contribution in [1.82, 2.24) is 10.2 Å². The van der Waals surface area contributed by atoms with Crippen LogP contribution in [0.15, 0.2) is 42.5 Å². The Hall–Kier alpha value is -2.68. The number of nitrogens with zero attached hydrogens (tertiary/aromatic N) is 1. The third-order valence-corrected chi connectivity index (χ3v) is 7.92. The van der Waals surface area contributed by atoms with Gasteiger partial charge in [0.25, 0.3) is 11.8 Å². The number of benzene rings is 2. The molecule has 3 N–H and O–H groups in total. The van der Waals surface area contributed by atoms with Gasteiger partial charge in [0.2, 0.25) is 0 Å². The standard InChI is InChI=1S/C28H34ClFN2O5/c1-37-24-10-3-2-8-21(24)17-11-12-19(22(30)15-17)16-31-27(35)25(33)26(34)28(36)32-13-5-9-23(32)18-6-4-7-20(29)14-18/h2-3,8,10-12,15,18,20,23,25-26,33-34H,4-7,9,13-14,16H2,1H3,(H,31,35)/t18-,20?,23?,25+,26+/m0/s1. The molecule has 1 saturated heterocycles. The summed E-state index contributed by atoms with van der Waals surface area (Å²) in [5.74, 6) is -1.28. The first-order chi connectivity index (χ1) is 17.8. The number of ether oxygens (including phenoxy) is 1. The van der Waals surface area contributed by atoms with Crippen LogP contribution in [-0.2, 0) is 16.1 Å². The van der Waals surface area contributed by atoms with Crippen LogP contribution >= 0.6 is 11.6 Å². The summed E-state index contributed by atoms with van der Waals surface area (Å²) in [7, 11) is 1.54. The van der Waals surface area contributed by atoms with Crippen LogP contribution in [0.3, 0.4) is 0 Å². The number of hydrogen-bond donors (Lipinski definition) is 3. The molecule has 0 spiro atoms. The van der Waals surface area contributed by atoms with E-state index in [0.29, 0.717) is 17.9 Å². The minimum Gasteiger partial charge on any atom is -0.496 e. The Bertz CT molecular complexity index is 1120. The van der Waals surface area contributed by atoms with Crippen LogP contribution in [0.1, 0.15) is 44.1 Å². The lowest BCUT2D eigenvalue weighted by Gasteiger charge is -2.36. The third-order valence-electron chi connectivity index (χ3n) is 7.52. The molecule has 1 heterocycles. The predicted molar refractivity (Wildman–Crippen MR) is 139 cm³/mol. The van der Waals surface area contributed by atoms with Crippen LogP contribution < -0.4 is 10.1 Å². The average Bonchev–Trinajstić information content (AvgIpc) is 3.41. The second kappa shape index (κ2) is 12.2. The van der Waals surface area contributed by atoms with Gasteiger partial charge in [0.1, 0.15) is 11.6 Å². The number of aliphatic hydroxyl groups excluding tert-OH is 2. The highest BCUT2D eigenvalue weighted by atomic mass is 35.5. The van der Waals surface area contributed by atoms with Gasteiger partial charge in [-0.3, -0.25) is 9.59 Å². The number of aliphatic hydroxyl groups is 2. The van der Waals surface area contributed by atoms with Crippen molar-refractivity contribution in [3.05, 3.63) is 53.8 Å². The molecular formula is C28H34ClFN2O5. The van der Waals surface area contributed by atoms with Crippen LogP contribution in [-0.4, -0.2) is 64.2 Å². The number of hydrogen-bond acceptors (Lipinski definition) is 5. The van der Waals surface area contributed by atoms with Crippen LogP contribution in [0.25, 0.3) is 11.1 Å². The zero-order valence-electron chi connectivity index (χ0n) is 20.9. The van der Waals surface area contributed by atoms with Crippen molar-refractivity contribution < 1.29 is 28.9 Å². The first-order valence-electron chi connectivity index (χ1n) is 12.8. The lowest BCUT2D eigenvalue weighted by molar-refractivity contribution is -0.154. The van der Waals surface area contributed by atoms with Gasteiger partial charge in [-0.2, -0.15) is 0 Å². The third kappa shape index (κ3) is 6.25. The highest BCUT2D eigenvalue weighted by Crippen LogP contribution is 2.36. The van der Waals surface area contributed by atoms with Crippen molar-refractivity contribution >= 4 is 23.4 Å². The van der Waals surface area contributed by atoms with E-state index in [9.17, 15) is 24.2 Å². The summed E-state index contributed by atoms with van der Waals surface area (Å²) in [5, 5.41) is 23.5. The largest absolute Gasteiger partial charge is 0.496 e. The van der Waals surface area contributed by atoms with Gasteiger partial charge in [-0.15, -0.1) is 11.6 Å². The van der Waals surface area contributed by atoms with Gasteiger partial charge in [-0.1, -0.05) is 36.8 Å². The van der Waals surface area contributed by atoms with Crippen molar-refractivity contribution in [3.8, 4) is 16.9 Å². The van der Waals surface area contributed by atoms with E-state index < -0.39 is 29.8 Å². The fraction of sp³-hybridized carbons (Fsp3) is 0.500. The molecule has 9 heteroatoms. The van der Waals surface area contributed by atoms with E-state index in [4.69, 9.17) is 16.3 Å². The van der Waals surface area contributed by atoms with E-state index in [1.165, 1.54) is 12.1 Å². The molecule has 5 atom stereocenters. The second-order valence-corrected chi connectivity index (χ2v) is 10.5. The molecule has 2 aliphatic rings. The Morgan fingerprint density at radius 3 is 2.65 bits per heavy atom. The lowest BCUT2D eigenvalue weighted by Crippen LogP contribution is -2.53. The molecule has 1 saturated carbocycles. The fourth-order valence-corrected chi connectivity index (χ4v) is 5.93. The Morgan fingerprint density at radius 2 is 1.92 bits per heavy atom. The van der Waals surface area contributed by atoms with Crippen LogP contribution in [0, 0.1) is 11.7 Å². The second-order valence-electron chi connectivity index (χ2n) is 9.88. The molecule has 2 amide bonds. The normalized spacial score (nSPS) is 23.4. The van der Waals surface area contributed by atoms with Crippen molar-refractivity contribution in [2.24, 2.45) is 5.92 Å². The van der Waals surface area contributed by atoms with E-state index in [1.807, 2.05) is 18.2 Å². The molecule has 37 heavy (non-hydrogen) atoms. The van der Waals surface area contributed by atoms with Crippen molar-refractivity contribution in [3.63, 3.8) is 0 Å². The van der Waals surface area contributed by atoms with Gasteiger partial charge >= 0.3 is 0 Å². The summed E-state index contributed by atoms with van der Waals surface area (Å²) < 4.78 is 20.1. The fourth-order valence-electron chi connectivity index (χ4n) is 5.55. The number of rotatable bonds is 8. The smallest absolute Gasteiger partial charge is 0.254 e. The van der Waals surface area contributed by atoms with Gasteiger partial charge in [0.05, 0.1) is 7.11 Å². The minimum atomic E-state index is -1.96. The molecule has 2 aromatic carbocycles. The Morgan fingerprint density at radius 1 is 1.14 bits per heavy atom. The van der Waals surface area contributed by atoms with Crippen molar-refractivity contribution in [1.29, 1.82) is 0 Å². The molecule has 1 aliphatic carbocycles. The number of alkyl halides is 1. The van der Waals surface area contributed by atoms with Crippen molar-refractivity contribution in [2.45, 2.75) is 68.7 Å². The number of nitrogens with one attached hydrogen (secondary N) is 1. The van der Waals surface area contributed by atoms with Gasteiger partial charge in [0.15, 0.2) is 12.2 Å². The van der Waals surface area contributed by atoms with Gasteiger partial charge in [-0.25, -0.2) is 4.39 Å². The van der Waals surface area contributed by atoms with Crippen LogP contribution in [0.2, 0.25) is 0 Å². The maximum Gasteiger partial charge on any atom is 0.254 e. The molecule has 0 radical (unpaired) electrons. The van der Waals surface area contributed by atoms with Gasteiger partial charge in [-0.05, 0) is 55.7 Å². The molecule has 7 nitrogen and oxygen atoms in total. The summed E-state index contributed by atoms with van der Waals surface area (Å²) in [5.41, 5.74) is 1.55. The van der Waals surface area contributed by atoms with Crippen LogP contribution in [0.4, 0.5) is 4.39 Å². The number of amides is 2. The zero-order chi connectivity index (χ0) is 26.5. The topological polar surface area (TPSA) is 99.1 Å². The molecular weight excluding hydrogens is 499 g/mol. The van der Waals surface area contributed by atoms with Gasteiger partial charge < -0.3 is 25.2 Å². The number of halogens is 2. The Kier molecular flexibility index (Phi) is 9.05. The Labute approximate surface area is 221 Å². The number of methoxy groups -OCH3 is 1. The number of likely N-dealkylation sites (tertiary alicyclic amines) is 1. The highest BCUT2D eigenvalue weighted by Gasteiger charge is 2.41. The molecule has 4 rings (SSSR count). The minimum absolute atomic E-state index is 0.0465. The monoisotopic (exact) mass is 532 g/mol. The van der Waals surface area contributed by atoms with E-state index in [0.717, 1.165) is 44.1 Å². The van der Waals surface area contributed by atoms with E-state index in [2.05, 4.69) is 5.32 Å². The Balaban J connectivity index is 1.35. The molecule has 2 aromatic rings. The first kappa shape index (κ1) is 27.4. The highest BCUT2D eigenvalue weighted by molar-refractivity contribution is 6.20. The molecule has 0 bridgehead atoms. The summed E-state index contributed by atoms with van der Waals surface area (Å²) in [4.78, 5) is 27.1. The van der Waals surface area contributed by atoms with E-state index >= 15 is 0 Å². The predicted octanol–water partition coefficient (Wildman–Crippen LogP) is 3.63. The lowest BCUT2D eigenvalue weighted by atomic mass is 9.82. The maximum absolute atomic E-state index is 14.8. The summed E-state index contributed by atoms with van der Waals surface area (Å²) in [6.07, 6.45) is 1.52. The van der Waals surface area contributed by atoms with E-state index in [-0.39, 0.29) is 29.4 Å². The summed E-state index contributed by atoms with van der Waals surface area (Å²) >= 11 is 6.34. The quantitative estimate of drug-likeness (QED) is 0.451. The van der Waals surface area contributed by atoms with Crippen molar-refractivity contribution in [2.75, 3.05) is 13.7 Å². The van der Waals surface area contributed by atoms with E-state index in [1.54, 1.807) is 24.1 Å². The number of para-hydroxylation sites is 1. The van der Waals surface area contributed by atoms with Crippen LogP contribution in [0.5, 0.6) is 5.75 Å². The maximum atomic E-state index is 14.8. The molecule has 0 aromatic heterocycles. The molecule has 2 unspecified atom stereocenters. The van der Waals surface area contributed by atoms with Gasteiger partial charge in [0, 0.05) is 35.6 Å². The number of carbonyl (C=O) groups is 2.